The lowest BCUT2D eigenvalue weighted by Gasteiger charge is -2.42. The Morgan fingerprint density at radius 1 is 0.500 bits per heavy atom. The van der Waals surface area contributed by atoms with E-state index in [0.717, 1.165) is 57.8 Å². The molecule has 0 aliphatic carbocycles. The van der Waals surface area contributed by atoms with Gasteiger partial charge in [0.05, 0.1) is 26.4 Å². The van der Waals surface area contributed by atoms with Crippen LogP contribution in [-0.2, 0) is 33.2 Å². The van der Waals surface area contributed by atoms with E-state index in [2.05, 4.69) is 50.3 Å². The summed E-state index contributed by atoms with van der Waals surface area (Å²) >= 11 is 0. The molecule has 2 saturated heterocycles. The highest BCUT2D eigenvalue weighted by atomic mass is 16.7. The maximum atomic E-state index is 13.0. The molecule has 0 aromatic carbocycles. The SMILES string of the molecule is CCCCC/C=C\C/C=C\CCCCCCCCCC(=O)OC(COCCCCCCCC/C=C\CCCCCCC)COC1OC(COC2OC(CO)C(O)C(O)C2O)C(O)C(O)C1O. The van der Waals surface area contributed by atoms with Crippen LogP contribution in [0.4, 0.5) is 0 Å². The molecule has 0 bridgehead atoms. The Labute approximate surface area is 398 Å². The van der Waals surface area contributed by atoms with Crippen molar-refractivity contribution < 1.29 is 69.0 Å². The van der Waals surface area contributed by atoms with Gasteiger partial charge in [-0.2, -0.15) is 0 Å². The lowest BCUT2D eigenvalue weighted by atomic mass is 9.98. The number of hydrogen-bond acceptors (Lipinski definition) is 14. The van der Waals surface area contributed by atoms with Crippen molar-refractivity contribution >= 4 is 5.97 Å². The smallest absolute Gasteiger partial charge is 0.306 e. The van der Waals surface area contributed by atoms with E-state index in [1.807, 2.05) is 0 Å². The monoisotopic (exact) mass is 943 g/mol. The highest BCUT2D eigenvalue weighted by Gasteiger charge is 2.47. The van der Waals surface area contributed by atoms with E-state index in [0.29, 0.717) is 13.0 Å². The standard InChI is InChI=1S/C52H94O14/c1-3-5-7-9-11-13-15-17-19-20-21-23-25-27-29-31-33-35-44(54)64-41(38-61-36-34-32-30-28-26-24-22-18-16-14-12-10-8-6-4-2)39-62-51-50(60)48(58)46(56)43(66-51)40-63-52-49(59)47(57)45(55)42(37-53)65-52/h11,13,16-19,41-43,45-53,55-60H,3-10,12,14-15,20-40H2,1-2H3/b13-11-,18-16-,19-17-. The average Bonchev–Trinajstić information content (AvgIpc) is 3.31. The minimum atomic E-state index is -1.71. The van der Waals surface area contributed by atoms with Crippen LogP contribution >= 0.6 is 0 Å². The van der Waals surface area contributed by atoms with E-state index in [-0.39, 0.29) is 25.6 Å². The molecule has 66 heavy (non-hydrogen) atoms. The molecule has 11 atom stereocenters. The van der Waals surface area contributed by atoms with E-state index in [4.69, 9.17) is 28.4 Å². The molecule has 2 heterocycles. The second-order valence-electron chi connectivity index (χ2n) is 18.3. The van der Waals surface area contributed by atoms with Gasteiger partial charge in [-0.1, -0.05) is 147 Å². The van der Waals surface area contributed by atoms with Gasteiger partial charge in [0.1, 0.15) is 54.9 Å². The van der Waals surface area contributed by atoms with E-state index in [9.17, 15) is 40.5 Å². The van der Waals surface area contributed by atoms with Gasteiger partial charge in [0.25, 0.3) is 0 Å². The Hall–Kier alpha value is -1.79. The molecule has 0 aromatic rings. The molecular formula is C52H94O14. The second kappa shape index (κ2) is 40.0. The molecule has 14 nitrogen and oxygen atoms in total. The molecule has 2 aliphatic rings. The van der Waals surface area contributed by atoms with Gasteiger partial charge in [-0.15, -0.1) is 0 Å². The number of carbonyl (C=O) groups is 1. The molecule has 0 saturated carbocycles. The molecule has 0 spiro atoms. The van der Waals surface area contributed by atoms with E-state index < -0.39 is 80.7 Å². The number of ether oxygens (including phenoxy) is 6. The second-order valence-corrected chi connectivity index (χ2v) is 18.3. The van der Waals surface area contributed by atoms with Gasteiger partial charge in [-0.05, 0) is 70.6 Å². The van der Waals surface area contributed by atoms with Crippen molar-refractivity contribution in [1.29, 1.82) is 0 Å². The largest absolute Gasteiger partial charge is 0.457 e. The molecule has 0 aromatic heterocycles. The number of aliphatic hydroxyl groups is 7. The van der Waals surface area contributed by atoms with Gasteiger partial charge in [0.2, 0.25) is 0 Å². The summed E-state index contributed by atoms with van der Waals surface area (Å²) in [6.07, 6.45) is 27.7. The van der Waals surface area contributed by atoms with Crippen molar-refractivity contribution in [3.8, 4) is 0 Å². The molecule has 7 N–H and O–H groups in total. The van der Waals surface area contributed by atoms with Gasteiger partial charge in [0, 0.05) is 13.0 Å². The molecule has 11 unspecified atom stereocenters. The highest BCUT2D eigenvalue weighted by molar-refractivity contribution is 5.69. The van der Waals surface area contributed by atoms with Crippen molar-refractivity contribution in [3.05, 3.63) is 36.5 Å². The molecule has 14 heteroatoms. The zero-order valence-electron chi connectivity index (χ0n) is 40.9. The summed E-state index contributed by atoms with van der Waals surface area (Å²) in [6.45, 7) is 3.63. The first-order valence-electron chi connectivity index (χ1n) is 26.1. The van der Waals surface area contributed by atoms with Crippen LogP contribution in [0.5, 0.6) is 0 Å². The van der Waals surface area contributed by atoms with E-state index in [1.165, 1.54) is 103 Å². The predicted octanol–water partition coefficient (Wildman–Crippen LogP) is 7.80. The van der Waals surface area contributed by atoms with Crippen LogP contribution in [0.25, 0.3) is 0 Å². The number of aliphatic hydroxyl groups excluding tert-OH is 7. The number of esters is 1. The van der Waals surface area contributed by atoms with Gasteiger partial charge < -0.3 is 64.2 Å². The summed E-state index contributed by atoms with van der Waals surface area (Å²) < 4.78 is 34.3. The maximum absolute atomic E-state index is 13.0. The van der Waals surface area contributed by atoms with Gasteiger partial charge in [-0.25, -0.2) is 0 Å². The van der Waals surface area contributed by atoms with Crippen LogP contribution in [0.15, 0.2) is 36.5 Å². The lowest BCUT2D eigenvalue weighted by molar-refractivity contribution is -0.332. The highest BCUT2D eigenvalue weighted by Crippen LogP contribution is 2.26. The Bertz CT molecular complexity index is 1230. The Morgan fingerprint density at radius 3 is 1.50 bits per heavy atom. The predicted molar refractivity (Wildman–Crippen MR) is 256 cm³/mol. The fourth-order valence-electron chi connectivity index (χ4n) is 8.07. The Kier molecular flexibility index (Phi) is 36.6. The van der Waals surface area contributed by atoms with Crippen LogP contribution in [0.1, 0.15) is 187 Å². The summed E-state index contributed by atoms with van der Waals surface area (Å²) in [5.41, 5.74) is 0. The number of allylic oxidation sites excluding steroid dienone is 6. The fraction of sp³-hybridized carbons (Fsp3) is 0.865. The van der Waals surface area contributed by atoms with Crippen LogP contribution < -0.4 is 0 Å². The van der Waals surface area contributed by atoms with Crippen molar-refractivity contribution in [2.75, 3.05) is 33.0 Å². The summed E-state index contributed by atoms with van der Waals surface area (Å²) in [7, 11) is 0. The van der Waals surface area contributed by atoms with E-state index in [1.54, 1.807) is 0 Å². The van der Waals surface area contributed by atoms with Crippen LogP contribution in [-0.4, -0.2) is 142 Å². The van der Waals surface area contributed by atoms with Crippen molar-refractivity contribution in [3.63, 3.8) is 0 Å². The molecular weight excluding hydrogens is 849 g/mol. The summed E-state index contributed by atoms with van der Waals surface area (Å²) in [4.78, 5) is 13.0. The Morgan fingerprint density at radius 2 is 0.939 bits per heavy atom. The van der Waals surface area contributed by atoms with Crippen LogP contribution in [0.2, 0.25) is 0 Å². The molecule has 0 radical (unpaired) electrons. The fourth-order valence-corrected chi connectivity index (χ4v) is 8.07. The summed E-state index contributed by atoms with van der Waals surface area (Å²) in [5, 5.41) is 72.1. The first-order valence-corrected chi connectivity index (χ1v) is 26.1. The van der Waals surface area contributed by atoms with Gasteiger partial charge in [-0.3, -0.25) is 4.79 Å². The average molecular weight is 943 g/mol. The number of rotatable bonds is 41. The minimum Gasteiger partial charge on any atom is -0.457 e. The van der Waals surface area contributed by atoms with Crippen molar-refractivity contribution in [1.82, 2.24) is 0 Å². The zero-order chi connectivity index (χ0) is 48.0. The van der Waals surface area contributed by atoms with Crippen molar-refractivity contribution in [2.45, 2.75) is 255 Å². The minimum absolute atomic E-state index is 0.0548. The van der Waals surface area contributed by atoms with Gasteiger partial charge in [0.15, 0.2) is 12.6 Å². The van der Waals surface area contributed by atoms with Crippen molar-refractivity contribution in [2.24, 2.45) is 0 Å². The van der Waals surface area contributed by atoms with E-state index >= 15 is 0 Å². The number of hydrogen-bond donors (Lipinski definition) is 7. The maximum Gasteiger partial charge on any atom is 0.306 e. The van der Waals surface area contributed by atoms with Crippen LogP contribution in [0, 0.1) is 0 Å². The quantitative estimate of drug-likeness (QED) is 0.0177. The normalized spacial score (nSPS) is 26.6. The lowest BCUT2D eigenvalue weighted by Crippen LogP contribution is -2.61. The zero-order valence-corrected chi connectivity index (χ0v) is 40.9. The molecule has 2 fully saturated rings. The first-order chi connectivity index (χ1) is 32.1. The van der Waals surface area contributed by atoms with Gasteiger partial charge >= 0.3 is 5.97 Å². The Balaban J connectivity index is 1.77. The summed E-state index contributed by atoms with van der Waals surface area (Å²) in [6, 6.07) is 0. The number of carbonyl (C=O) groups excluding carboxylic acids is 1. The summed E-state index contributed by atoms with van der Waals surface area (Å²) in [5.74, 6) is -0.386. The molecule has 0 amide bonds. The number of unbranched alkanes of at least 4 members (excludes halogenated alkanes) is 21. The third kappa shape index (κ3) is 27.4. The third-order valence-electron chi connectivity index (χ3n) is 12.4. The first kappa shape index (κ1) is 60.3. The molecule has 386 valence electrons. The molecule has 2 rings (SSSR count). The third-order valence-corrected chi connectivity index (χ3v) is 12.4. The topological polar surface area (TPSA) is 214 Å². The molecule has 2 aliphatic heterocycles. The van der Waals surface area contributed by atoms with Crippen LogP contribution in [0.3, 0.4) is 0 Å².